The fourth-order valence-corrected chi connectivity index (χ4v) is 6.15. The number of anilines is 4. The Morgan fingerprint density at radius 2 is 1.93 bits per heavy atom. The van der Waals surface area contributed by atoms with Crippen molar-refractivity contribution in [1.82, 2.24) is 14.8 Å². The Morgan fingerprint density at radius 1 is 1.16 bits per heavy atom. The third-order valence-corrected chi connectivity index (χ3v) is 8.83. The first-order valence-corrected chi connectivity index (χ1v) is 16.3. The first-order chi connectivity index (χ1) is 21.4. The number of hydrazine groups is 1. The number of nitrogen functional groups attached to an aromatic ring is 1. The van der Waals surface area contributed by atoms with Crippen LogP contribution < -0.4 is 26.4 Å². The highest BCUT2D eigenvalue weighted by molar-refractivity contribution is 5.76. The van der Waals surface area contributed by atoms with E-state index in [0.717, 1.165) is 132 Å². The molecule has 242 valence electrons. The van der Waals surface area contributed by atoms with Crippen molar-refractivity contribution in [1.29, 1.82) is 0 Å². The number of rotatable bonds is 12. The Morgan fingerprint density at radius 3 is 2.59 bits per heavy atom. The fraction of sp³-hybridized carbons (Fsp3) is 0.606. The molecule has 5 rings (SSSR count). The molecule has 0 spiro atoms. The van der Waals surface area contributed by atoms with Crippen molar-refractivity contribution >= 4 is 35.1 Å². The number of benzene rings is 1. The molecule has 2 fully saturated rings. The zero-order chi connectivity index (χ0) is 31.3. The molecule has 5 N–H and O–H groups in total. The highest BCUT2D eigenvalue weighted by Gasteiger charge is 2.25. The quantitative estimate of drug-likeness (QED) is 0.122. The molecule has 11 heteroatoms. The molecule has 3 aliphatic rings. The van der Waals surface area contributed by atoms with E-state index in [-0.39, 0.29) is 6.54 Å². The SMILES string of the molecule is CCCCC=O.CN1CCN(c2cc(NN)cc(N(CC(=O)O)CC3CCN(Cc4ccc5c(n4)NCCC5)CC3)c2)CC1. The smallest absolute Gasteiger partial charge is 0.323 e. The molecule has 2 aromatic rings. The van der Waals surface area contributed by atoms with Crippen LogP contribution in [-0.4, -0.2) is 98.1 Å². The van der Waals surface area contributed by atoms with Gasteiger partial charge in [0, 0.05) is 63.6 Å². The van der Waals surface area contributed by atoms with Gasteiger partial charge in [0.2, 0.25) is 0 Å². The number of fused-ring (bicyclic) bond motifs is 1. The molecular weight excluding hydrogens is 556 g/mol. The summed E-state index contributed by atoms with van der Waals surface area (Å²) >= 11 is 0. The lowest BCUT2D eigenvalue weighted by atomic mass is 9.95. The number of unbranched alkanes of at least 4 members (excludes halogenated alkanes) is 2. The average Bonchev–Trinajstić information content (AvgIpc) is 3.04. The molecule has 0 atom stereocenters. The number of carbonyl (C=O) groups excluding carboxylic acids is 1. The average molecular weight is 609 g/mol. The zero-order valence-electron chi connectivity index (χ0n) is 26.6. The Kier molecular flexibility index (Phi) is 13.1. The molecule has 4 heterocycles. The number of piperidine rings is 1. The number of aldehydes is 1. The van der Waals surface area contributed by atoms with Gasteiger partial charge in [-0.05, 0) is 88.0 Å². The zero-order valence-corrected chi connectivity index (χ0v) is 26.6. The summed E-state index contributed by atoms with van der Waals surface area (Å²) in [6, 6.07) is 10.5. The number of carbonyl (C=O) groups is 2. The van der Waals surface area contributed by atoms with E-state index in [9.17, 15) is 14.7 Å². The van der Waals surface area contributed by atoms with Crippen molar-refractivity contribution in [3.8, 4) is 0 Å². The van der Waals surface area contributed by atoms with Gasteiger partial charge >= 0.3 is 5.97 Å². The number of nitrogens with one attached hydrogen (secondary N) is 2. The summed E-state index contributed by atoms with van der Waals surface area (Å²) in [4.78, 5) is 35.4. The van der Waals surface area contributed by atoms with Gasteiger partial charge < -0.3 is 35.3 Å². The molecule has 11 nitrogen and oxygen atoms in total. The van der Waals surface area contributed by atoms with Gasteiger partial charge in [0.1, 0.15) is 18.6 Å². The van der Waals surface area contributed by atoms with Crippen LogP contribution in [0.15, 0.2) is 30.3 Å². The third kappa shape index (κ3) is 10.1. The molecule has 1 aromatic heterocycles. The van der Waals surface area contributed by atoms with Gasteiger partial charge in [-0.3, -0.25) is 15.5 Å². The number of piperazine rings is 1. The van der Waals surface area contributed by atoms with E-state index in [0.29, 0.717) is 5.92 Å². The Balaban J connectivity index is 0.000000670. The van der Waals surface area contributed by atoms with E-state index in [1.165, 1.54) is 12.0 Å². The number of carboxylic acids is 1. The van der Waals surface area contributed by atoms with Gasteiger partial charge in [0.15, 0.2) is 0 Å². The molecule has 0 radical (unpaired) electrons. The summed E-state index contributed by atoms with van der Waals surface area (Å²) < 4.78 is 0. The summed E-state index contributed by atoms with van der Waals surface area (Å²) in [5.41, 5.74) is 8.02. The summed E-state index contributed by atoms with van der Waals surface area (Å²) in [5.74, 6) is 6.49. The van der Waals surface area contributed by atoms with Gasteiger partial charge in [0.25, 0.3) is 0 Å². The molecule has 0 aliphatic carbocycles. The Hall–Kier alpha value is -3.41. The van der Waals surface area contributed by atoms with E-state index in [1.807, 2.05) is 11.0 Å². The van der Waals surface area contributed by atoms with Crippen LogP contribution in [0.25, 0.3) is 0 Å². The van der Waals surface area contributed by atoms with Crippen LogP contribution in [-0.2, 0) is 22.6 Å². The molecule has 44 heavy (non-hydrogen) atoms. The van der Waals surface area contributed by atoms with E-state index >= 15 is 0 Å². The maximum Gasteiger partial charge on any atom is 0.323 e. The molecule has 3 aliphatic heterocycles. The number of aryl methyl sites for hydroxylation is 1. The van der Waals surface area contributed by atoms with Crippen molar-refractivity contribution < 1.29 is 14.7 Å². The van der Waals surface area contributed by atoms with Crippen molar-refractivity contribution in [2.75, 3.05) is 86.5 Å². The fourth-order valence-electron chi connectivity index (χ4n) is 6.15. The van der Waals surface area contributed by atoms with Crippen LogP contribution in [0, 0.1) is 5.92 Å². The van der Waals surface area contributed by atoms with Crippen molar-refractivity contribution in [2.24, 2.45) is 11.8 Å². The highest BCUT2D eigenvalue weighted by atomic mass is 16.4. The topological polar surface area (TPSA) is 130 Å². The predicted octanol–water partition coefficient (Wildman–Crippen LogP) is 3.66. The maximum absolute atomic E-state index is 11.8. The molecule has 0 unspecified atom stereocenters. The number of carboxylic acid groups (broad SMARTS) is 1. The number of aliphatic carboxylic acids is 1. The van der Waals surface area contributed by atoms with Gasteiger partial charge in [-0.25, -0.2) is 4.98 Å². The number of hydrogen-bond donors (Lipinski definition) is 4. The number of nitrogens with two attached hydrogens (primary N) is 1. The number of hydrogen-bond acceptors (Lipinski definition) is 10. The molecule has 0 saturated carbocycles. The van der Waals surface area contributed by atoms with Crippen LogP contribution in [0.1, 0.15) is 56.7 Å². The number of nitrogens with zero attached hydrogens (tertiary/aromatic N) is 5. The summed E-state index contributed by atoms with van der Waals surface area (Å²) in [6.07, 6.45) is 8.22. The van der Waals surface area contributed by atoms with Gasteiger partial charge in [-0.15, -0.1) is 0 Å². The van der Waals surface area contributed by atoms with Crippen molar-refractivity contribution in [3.63, 3.8) is 0 Å². The highest BCUT2D eigenvalue weighted by Crippen LogP contribution is 2.31. The van der Waals surface area contributed by atoms with Crippen LogP contribution in [0.4, 0.5) is 22.9 Å². The molecule has 2 saturated heterocycles. The second kappa shape index (κ2) is 17.2. The monoisotopic (exact) mass is 608 g/mol. The maximum atomic E-state index is 11.8. The number of likely N-dealkylation sites (N-methyl/N-ethyl adjacent to an activating group) is 1. The minimum absolute atomic E-state index is 0.0253. The van der Waals surface area contributed by atoms with Gasteiger partial charge in [0.05, 0.1) is 11.4 Å². The predicted molar refractivity (Wildman–Crippen MR) is 178 cm³/mol. The second-order valence-corrected chi connectivity index (χ2v) is 12.3. The molecular formula is C33H52N8O3. The normalized spacial score (nSPS) is 17.6. The first kappa shape index (κ1) is 33.5. The summed E-state index contributed by atoms with van der Waals surface area (Å²) in [5, 5.41) is 13.2. The minimum Gasteiger partial charge on any atom is -0.480 e. The third-order valence-electron chi connectivity index (χ3n) is 8.83. The number of aromatic nitrogens is 1. The molecule has 0 bridgehead atoms. The first-order valence-electron chi connectivity index (χ1n) is 16.3. The van der Waals surface area contributed by atoms with Crippen LogP contribution in [0.5, 0.6) is 0 Å². The minimum atomic E-state index is -0.818. The van der Waals surface area contributed by atoms with E-state index in [1.54, 1.807) is 0 Å². The van der Waals surface area contributed by atoms with Crippen LogP contribution >= 0.6 is 0 Å². The summed E-state index contributed by atoms with van der Waals surface area (Å²) in [7, 11) is 2.14. The lowest BCUT2D eigenvalue weighted by molar-refractivity contribution is -0.135. The lowest BCUT2D eigenvalue weighted by Crippen LogP contribution is -2.44. The van der Waals surface area contributed by atoms with Crippen LogP contribution in [0.2, 0.25) is 0 Å². The largest absolute Gasteiger partial charge is 0.480 e. The van der Waals surface area contributed by atoms with E-state index < -0.39 is 5.97 Å². The number of pyridine rings is 1. The second-order valence-electron chi connectivity index (χ2n) is 12.3. The Labute approximate surface area is 262 Å². The lowest BCUT2D eigenvalue weighted by Gasteiger charge is -2.37. The number of likely N-dealkylation sites (tertiary alicyclic amines) is 1. The van der Waals surface area contributed by atoms with Gasteiger partial charge in [-0.2, -0.15) is 0 Å². The van der Waals surface area contributed by atoms with E-state index in [2.05, 4.69) is 63.7 Å². The van der Waals surface area contributed by atoms with Crippen molar-refractivity contribution in [3.05, 3.63) is 41.6 Å². The van der Waals surface area contributed by atoms with Crippen molar-refractivity contribution in [2.45, 2.75) is 58.4 Å². The standard InChI is InChI=1S/C28H42N8O2.C5H10O/c1-33-11-13-35(14-12-33)25-15-24(32-29)16-26(17-25)36(20-27(37)38)18-21-6-9-34(10-7-21)19-23-5-4-22-3-2-8-30-28(22)31-23;1-2-3-4-5-6/h4-5,15-17,21,32H,2-3,6-14,18-20,29H2,1H3,(H,30,31)(H,37,38);5H,2-4H2,1H3. The van der Waals surface area contributed by atoms with Gasteiger partial charge in [-0.1, -0.05) is 19.4 Å². The van der Waals surface area contributed by atoms with E-state index in [4.69, 9.17) is 10.8 Å². The molecule has 0 amide bonds. The Bertz CT molecular complexity index is 1200. The van der Waals surface area contributed by atoms with Crippen LogP contribution in [0.3, 0.4) is 0 Å². The summed E-state index contributed by atoms with van der Waals surface area (Å²) in [6.45, 7) is 10.5. The molecule has 1 aromatic carbocycles.